The van der Waals surface area contributed by atoms with Crippen molar-refractivity contribution in [1.82, 2.24) is 4.98 Å². The van der Waals surface area contributed by atoms with E-state index >= 15 is 0 Å². The summed E-state index contributed by atoms with van der Waals surface area (Å²) < 4.78 is 13.1. The second-order valence-corrected chi connectivity index (χ2v) is 6.97. The minimum atomic E-state index is -0.551. The normalized spacial score (nSPS) is 10.4. The minimum absolute atomic E-state index is 0.0278. The SMILES string of the molecule is O=C(Cc1csc(NC(=O)Cc2ccccc2)n1)Nc1ccc(F)c(Cl)c1. The summed E-state index contributed by atoms with van der Waals surface area (Å²) in [6.07, 6.45) is 0.279. The molecule has 0 fully saturated rings. The Balaban J connectivity index is 1.53. The molecule has 3 rings (SSSR count). The van der Waals surface area contributed by atoms with Gasteiger partial charge in [-0.05, 0) is 23.8 Å². The quantitative estimate of drug-likeness (QED) is 0.644. The number of carbonyl (C=O) groups is 2. The molecule has 0 aliphatic carbocycles. The zero-order chi connectivity index (χ0) is 19.2. The molecule has 0 spiro atoms. The van der Waals surface area contributed by atoms with Crippen LogP contribution in [0.1, 0.15) is 11.3 Å². The Kier molecular flexibility index (Phi) is 6.16. The Hall–Kier alpha value is -2.77. The van der Waals surface area contributed by atoms with Crippen molar-refractivity contribution in [2.75, 3.05) is 10.6 Å². The predicted molar refractivity (Wildman–Crippen MR) is 105 cm³/mol. The number of hydrogen-bond acceptors (Lipinski definition) is 4. The maximum Gasteiger partial charge on any atom is 0.230 e. The molecule has 8 heteroatoms. The lowest BCUT2D eigenvalue weighted by Crippen LogP contribution is -2.16. The maximum atomic E-state index is 13.1. The van der Waals surface area contributed by atoms with E-state index in [0.717, 1.165) is 5.56 Å². The fourth-order valence-electron chi connectivity index (χ4n) is 2.33. The highest BCUT2D eigenvalue weighted by atomic mass is 35.5. The van der Waals surface area contributed by atoms with Gasteiger partial charge in [0.1, 0.15) is 5.82 Å². The van der Waals surface area contributed by atoms with E-state index in [1.54, 1.807) is 5.38 Å². The third-order valence-corrected chi connectivity index (χ3v) is 4.65. The summed E-state index contributed by atoms with van der Waals surface area (Å²) in [7, 11) is 0. The van der Waals surface area contributed by atoms with Gasteiger partial charge in [0.25, 0.3) is 0 Å². The highest BCUT2D eigenvalue weighted by Gasteiger charge is 2.11. The van der Waals surface area contributed by atoms with E-state index in [2.05, 4.69) is 15.6 Å². The molecule has 0 saturated heterocycles. The van der Waals surface area contributed by atoms with E-state index in [9.17, 15) is 14.0 Å². The van der Waals surface area contributed by atoms with Crippen molar-refractivity contribution >= 4 is 45.6 Å². The standard InChI is InChI=1S/C19H15ClFN3O2S/c20-15-9-13(6-7-16(15)21)22-18(26)10-14-11-27-19(23-14)24-17(25)8-12-4-2-1-3-5-12/h1-7,9,11H,8,10H2,(H,22,26)(H,23,24,25). The molecule has 2 aromatic carbocycles. The summed E-state index contributed by atoms with van der Waals surface area (Å²) in [5, 5.41) is 7.43. The number of hydrogen-bond donors (Lipinski definition) is 2. The van der Waals surface area contributed by atoms with Gasteiger partial charge in [0.2, 0.25) is 11.8 Å². The van der Waals surface area contributed by atoms with E-state index < -0.39 is 5.82 Å². The summed E-state index contributed by atoms with van der Waals surface area (Å²) in [5.41, 5.74) is 1.84. The molecular weight excluding hydrogens is 389 g/mol. The van der Waals surface area contributed by atoms with Crippen LogP contribution in [0.2, 0.25) is 5.02 Å². The van der Waals surface area contributed by atoms with E-state index in [4.69, 9.17) is 11.6 Å². The molecule has 2 amide bonds. The Labute approximate surface area is 164 Å². The van der Waals surface area contributed by atoms with Gasteiger partial charge in [-0.1, -0.05) is 41.9 Å². The van der Waals surface area contributed by atoms with Gasteiger partial charge in [-0.25, -0.2) is 9.37 Å². The lowest BCUT2D eigenvalue weighted by molar-refractivity contribution is -0.116. The van der Waals surface area contributed by atoms with Crippen LogP contribution in [0.15, 0.2) is 53.9 Å². The summed E-state index contributed by atoms with van der Waals surface area (Å²) in [6.45, 7) is 0. The van der Waals surface area contributed by atoms with Crippen molar-refractivity contribution in [3.8, 4) is 0 Å². The van der Waals surface area contributed by atoms with Gasteiger partial charge in [-0.3, -0.25) is 9.59 Å². The van der Waals surface area contributed by atoms with Gasteiger partial charge in [-0.2, -0.15) is 0 Å². The third-order valence-electron chi connectivity index (χ3n) is 3.55. The molecule has 0 bridgehead atoms. The lowest BCUT2D eigenvalue weighted by Gasteiger charge is -2.05. The molecule has 0 unspecified atom stereocenters. The van der Waals surface area contributed by atoms with Crippen LogP contribution >= 0.6 is 22.9 Å². The van der Waals surface area contributed by atoms with E-state index in [1.165, 1.54) is 29.5 Å². The molecule has 1 heterocycles. The Morgan fingerprint density at radius 2 is 1.78 bits per heavy atom. The smallest absolute Gasteiger partial charge is 0.230 e. The number of aromatic nitrogens is 1. The predicted octanol–water partition coefficient (Wildman–Crippen LogP) is 4.30. The van der Waals surface area contributed by atoms with E-state index in [-0.39, 0.29) is 29.7 Å². The van der Waals surface area contributed by atoms with Crippen molar-refractivity contribution in [3.63, 3.8) is 0 Å². The average Bonchev–Trinajstić information content (AvgIpc) is 3.05. The first-order chi connectivity index (χ1) is 13.0. The van der Waals surface area contributed by atoms with Crippen LogP contribution < -0.4 is 10.6 Å². The van der Waals surface area contributed by atoms with Crippen molar-refractivity contribution in [2.24, 2.45) is 0 Å². The van der Waals surface area contributed by atoms with Crippen LogP contribution in [0.5, 0.6) is 0 Å². The molecule has 0 radical (unpaired) electrons. The van der Waals surface area contributed by atoms with Crippen molar-refractivity contribution in [1.29, 1.82) is 0 Å². The molecular formula is C19H15ClFN3O2S. The molecule has 27 heavy (non-hydrogen) atoms. The van der Waals surface area contributed by atoms with E-state index in [0.29, 0.717) is 16.5 Å². The van der Waals surface area contributed by atoms with Gasteiger partial charge in [0, 0.05) is 11.1 Å². The van der Waals surface area contributed by atoms with Crippen LogP contribution in [-0.4, -0.2) is 16.8 Å². The van der Waals surface area contributed by atoms with Crippen LogP contribution in [-0.2, 0) is 22.4 Å². The average molecular weight is 404 g/mol. The minimum Gasteiger partial charge on any atom is -0.326 e. The molecule has 0 saturated carbocycles. The number of halogens is 2. The Bertz CT molecular complexity index is 963. The second kappa shape index (κ2) is 8.75. The Morgan fingerprint density at radius 1 is 1.04 bits per heavy atom. The van der Waals surface area contributed by atoms with Crippen LogP contribution in [0.4, 0.5) is 15.2 Å². The highest BCUT2D eigenvalue weighted by molar-refractivity contribution is 7.13. The number of nitrogens with one attached hydrogen (secondary N) is 2. The zero-order valence-corrected chi connectivity index (χ0v) is 15.6. The number of nitrogens with zero attached hydrogens (tertiary/aromatic N) is 1. The van der Waals surface area contributed by atoms with Crippen molar-refractivity contribution < 1.29 is 14.0 Å². The summed E-state index contributed by atoms with van der Waals surface area (Å²) >= 11 is 6.94. The lowest BCUT2D eigenvalue weighted by atomic mass is 10.1. The van der Waals surface area contributed by atoms with Gasteiger partial charge in [0.05, 0.1) is 23.6 Å². The Morgan fingerprint density at radius 3 is 2.52 bits per heavy atom. The second-order valence-electron chi connectivity index (χ2n) is 5.71. The zero-order valence-electron chi connectivity index (χ0n) is 14.0. The fraction of sp³-hybridized carbons (Fsp3) is 0.105. The molecule has 5 nitrogen and oxygen atoms in total. The van der Waals surface area contributed by atoms with Crippen LogP contribution in [0, 0.1) is 5.82 Å². The summed E-state index contributed by atoms with van der Waals surface area (Å²) in [4.78, 5) is 28.4. The van der Waals surface area contributed by atoms with Gasteiger partial charge >= 0.3 is 0 Å². The number of carbonyl (C=O) groups excluding carboxylic acids is 2. The third kappa shape index (κ3) is 5.60. The summed E-state index contributed by atoms with van der Waals surface area (Å²) in [6, 6.07) is 13.3. The molecule has 3 aromatic rings. The number of thiazole rings is 1. The summed E-state index contributed by atoms with van der Waals surface area (Å²) in [5.74, 6) is -1.04. The van der Waals surface area contributed by atoms with Crippen molar-refractivity contribution in [3.05, 3.63) is 76.0 Å². The van der Waals surface area contributed by atoms with Gasteiger partial charge in [-0.15, -0.1) is 11.3 Å². The van der Waals surface area contributed by atoms with Gasteiger partial charge in [0.15, 0.2) is 5.13 Å². The first kappa shape index (κ1) is 19.0. The highest BCUT2D eigenvalue weighted by Crippen LogP contribution is 2.20. The first-order valence-corrected chi connectivity index (χ1v) is 9.28. The molecule has 0 atom stereocenters. The fourth-order valence-corrected chi connectivity index (χ4v) is 3.24. The number of rotatable bonds is 6. The van der Waals surface area contributed by atoms with Gasteiger partial charge < -0.3 is 10.6 Å². The first-order valence-electron chi connectivity index (χ1n) is 8.02. The topological polar surface area (TPSA) is 71.1 Å². The van der Waals surface area contributed by atoms with Crippen molar-refractivity contribution in [2.45, 2.75) is 12.8 Å². The van der Waals surface area contributed by atoms with E-state index in [1.807, 2.05) is 30.3 Å². The molecule has 1 aromatic heterocycles. The number of anilines is 2. The van der Waals surface area contributed by atoms with Crippen LogP contribution in [0.25, 0.3) is 0 Å². The van der Waals surface area contributed by atoms with Crippen LogP contribution in [0.3, 0.4) is 0 Å². The molecule has 138 valence electrons. The number of benzene rings is 2. The maximum absolute atomic E-state index is 13.1. The molecule has 2 N–H and O–H groups in total. The molecule has 0 aliphatic rings. The largest absolute Gasteiger partial charge is 0.326 e. The number of amides is 2. The monoisotopic (exact) mass is 403 g/mol. The molecule has 0 aliphatic heterocycles.